The molecule has 2 aromatic carbocycles. The highest BCUT2D eigenvalue weighted by molar-refractivity contribution is 7.89. The third kappa shape index (κ3) is 4.84. The third-order valence-corrected chi connectivity index (χ3v) is 4.37. The average Bonchev–Trinajstić information content (AvgIpc) is 2.61. The maximum Gasteiger partial charge on any atom is 0.153 e. The highest BCUT2D eigenvalue weighted by atomic mass is 32.2. The summed E-state index contributed by atoms with van der Waals surface area (Å²) in [5.74, 6) is -0.0682. The van der Waals surface area contributed by atoms with Gasteiger partial charge in [-0.05, 0) is 12.1 Å². The van der Waals surface area contributed by atoms with Crippen molar-refractivity contribution < 1.29 is 8.42 Å². The van der Waals surface area contributed by atoms with E-state index in [0.29, 0.717) is 11.4 Å². The molecule has 0 N–H and O–H groups in total. The lowest BCUT2D eigenvalue weighted by molar-refractivity contribution is 0.600. The average molecular weight is 350 g/mol. The summed E-state index contributed by atoms with van der Waals surface area (Å²) in [5.41, 5.74) is 4.06. The van der Waals surface area contributed by atoms with E-state index in [0.717, 1.165) is 16.8 Å². The van der Waals surface area contributed by atoms with Crippen LogP contribution in [0.1, 0.15) is 16.8 Å². The topological polar surface area (TPSA) is 59.4 Å². The molecular formula is C20H18N2O2S. The molecule has 5 heteroatoms. The molecule has 1 aromatic heterocycles. The molecule has 4 nitrogen and oxygen atoms in total. The van der Waals surface area contributed by atoms with Crippen molar-refractivity contribution in [2.24, 2.45) is 4.99 Å². The lowest BCUT2D eigenvalue weighted by Crippen LogP contribution is -2.03. The summed E-state index contributed by atoms with van der Waals surface area (Å²) in [6.45, 7) is 0. The van der Waals surface area contributed by atoms with Gasteiger partial charge < -0.3 is 0 Å². The van der Waals surface area contributed by atoms with Crippen molar-refractivity contribution in [3.63, 3.8) is 0 Å². The molecule has 1 heterocycles. The van der Waals surface area contributed by atoms with Crippen molar-refractivity contribution in [2.75, 3.05) is 6.26 Å². The predicted molar refractivity (Wildman–Crippen MR) is 101 cm³/mol. The first-order valence-corrected chi connectivity index (χ1v) is 9.89. The molecule has 0 saturated heterocycles. The van der Waals surface area contributed by atoms with Gasteiger partial charge in [-0.1, -0.05) is 60.7 Å². The van der Waals surface area contributed by atoms with Gasteiger partial charge in [0, 0.05) is 17.4 Å². The van der Waals surface area contributed by atoms with Gasteiger partial charge in [0.2, 0.25) is 0 Å². The standard InChI is InChI=1S/C20H18N2O2S/c1-25(23,24)15-19-13-12-18(14-21-19)22-20(16-8-4-2-5-9-16)17-10-6-3-7-11-17/h2-14H,15H2,1H3. The number of nitrogens with zero attached hydrogens (tertiary/aromatic N) is 2. The van der Waals surface area contributed by atoms with Crippen LogP contribution in [0, 0.1) is 0 Å². The minimum atomic E-state index is -3.10. The predicted octanol–water partition coefficient (Wildman–Crippen LogP) is 3.80. The zero-order valence-electron chi connectivity index (χ0n) is 13.8. The zero-order valence-corrected chi connectivity index (χ0v) is 14.6. The Labute approximate surface area is 147 Å². The van der Waals surface area contributed by atoms with Crippen molar-refractivity contribution in [1.29, 1.82) is 0 Å². The smallest absolute Gasteiger partial charge is 0.153 e. The van der Waals surface area contributed by atoms with Crippen LogP contribution < -0.4 is 0 Å². The molecular weight excluding hydrogens is 332 g/mol. The number of hydrogen-bond donors (Lipinski definition) is 0. The van der Waals surface area contributed by atoms with Gasteiger partial charge in [0.15, 0.2) is 9.84 Å². The lowest BCUT2D eigenvalue weighted by atomic mass is 10.0. The van der Waals surface area contributed by atoms with Crippen LogP contribution in [0.4, 0.5) is 5.69 Å². The van der Waals surface area contributed by atoms with Gasteiger partial charge in [-0.25, -0.2) is 13.4 Å². The Morgan fingerprint density at radius 3 is 1.88 bits per heavy atom. The molecule has 0 aliphatic carbocycles. The van der Waals surface area contributed by atoms with Crippen molar-refractivity contribution >= 4 is 21.2 Å². The maximum absolute atomic E-state index is 11.4. The van der Waals surface area contributed by atoms with E-state index < -0.39 is 9.84 Å². The fourth-order valence-corrected chi connectivity index (χ4v) is 3.16. The fourth-order valence-electron chi connectivity index (χ4n) is 2.45. The molecule has 0 aliphatic rings. The molecule has 0 saturated carbocycles. The maximum atomic E-state index is 11.4. The SMILES string of the molecule is CS(=O)(=O)Cc1ccc(N=C(c2ccccc2)c2ccccc2)cn1. The molecule has 0 spiro atoms. The first kappa shape index (κ1) is 17.0. The number of hydrogen-bond acceptors (Lipinski definition) is 4. The van der Waals surface area contributed by atoms with E-state index in [4.69, 9.17) is 4.99 Å². The van der Waals surface area contributed by atoms with Crippen molar-refractivity contribution in [3.05, 3.63) is 95.8 Å². The number of benzene rings is 2. The highest BCUT2D eigenvalue weighted by Gasteiger charge is 2.08. The van der Waals surface area contributed by atoms with E-state index >= 15 is 0 Å². The van der Waals surface area contributed by atoms with E-state index in [9.17, 15) is 8.42 Å². The molecule has 0 atom stereocenters. The Morgan fingerprint density at radius 1 is 0.880 bits per heavy atom. The molecule has 0 aliphatic heterocycles. The van der Waals surface area contributed by atoms with Gasteiger partial charge >= 0.3 is 0 Å². The summed E-state index contributed by atoms with van der Waals surface area (Å²) >= 11 is 0. The first-order chi connectivity index (χ1) is 12.0. The Hall–Kier alpha value is -2.79. The summed E-state index contributed by atoms with van der Waals surface area (Å²) in [6, 6.07) is 23.4. The highest BCUT2D eigenvalue weighted by Crippen LogP contribution is 2.18. The second kappa shape index (κ2) is 7.40. The number of sulfone groups is 1. The van der Waals surface area contributed by atoms with Gasteiger partial charge in [0.25, 0.3) is 0 Å². The monoisotopic (exact) mass is 350 g/mol. The lowest BCUT2D eigenvalue weighted by Gasteiger charge is -2.08. The van der Waals surface area contributed by atoms with E-state index in [1.807, 2.05) is 60.7 Å². The summed E-state index contributed by atoms with van der Waals surface area (Å²) < 4.78 is 22.7. The van der Waals surface area contributed by atoms with Crippen LogP contribution in [0.15, 0.2) is 84.0 Å². The molecule has 3 aromatic rings. The number of pyridine rings is 1. The van der Waals surface area contributed by atoms with Crippen LogP contribution in [0.25, 0.3) is 0 Å². The van der Waals surface area contributed by atoms with E-state index in [1.54, 1.807) is 18.3 Å². The normalized spacial score (nSPS) is 11.1. The summed E-state index contributed by atoms with van der Waals surface area (Å²) in [6.07, 6.45) is 2.80. The summed E-state index contributed by atoms with van der Waals surface area (Å²) in [5, 5.41) is 0. The van der Waals surface area contributed by atoms with Crippen LogP contribution in [-0.4, -0.2) is 25.4 Å². The van der Waals surface area contributed by atoms with Crippen LogP contribution >= 0.6 is 0 Å². The van der Waals surface area contributed by atoms with Crippen LogP contribution in [0.3, 0.4) is 0 Å². The summed E-state index contributed by atoms with van der Waals surface area (Å²) in [4.78, 5) is 8.96. The minimum absolute atomic E-state index is 0.0682. The Balaban J connectivity index is 1.99. The van der Waals surface area contributed by atoms with E-state index in [1.165, 1.54) is 6.26 Å². The Morgan fingerprint density at radius 2 is 1.44 bits per heavy atom. The molecule has 0 radical (unpaired) electrons. The first-order valence-electron chi connectivity index (χ1n) is 7.83. The summed E-state index contributed by atoms with van der Waals surface area (Å²) in [7, 11) is -3.10. The number of aliphatic imine (C=N–C) groups is 1. The number of rotatable bonds is 5. The second-order valence-electron chi connectivity index (χ2n) is 5.77. The van der Waals surface area contributed by atoms with Crippen LogP contribution in [-0.2, 0) is 15.6 Å². The van der Waals surface area contributed by atoms with Crippen LogP contribution in [0.5, 0.6) is 0 Å². The van der Waals surface area contributed by atoms with Crippen LogP contribution in [0.2, 0.25) is 0 Å². The second-order valence-corrected chi connectivity index (χ2v) is 7.91. The van der Waals surface area contributed by atoms with Gasteiger partial charge in [-0.2, -0.15) is 0 Å². The largest absolute Gasteiger partial charge is 0.258 e. The van der Waals surface area contributed by atoms with Gasteiger partial charge in [0.1, 0.15) is 0 Å². The van der Waals surface area contributed by atoms with E-state index in [2.05, 4.69) is 4.98 Å². The molecule has 126 valence electrons. The van der Waals surface area contributed by atoms with Gasteiger partial charge in [-0.15, -0.1) is 0 Å². The molecule has 25 heavy (non-hydrogen) atoms. The van der Waals surface area contributed by atoms with Gasteiger partial charge in [0.05, 0.1) is 29.0 Å². The molecule has 0 fully saturated rings. The molecule has 0 unspecified atom stereocenters. The molecule has 0 amide bonds. The molecule has 3 rings (SSSR count). The third-order valence-electron chi connectivity index (χ3n) is 3.55. The van der Waals surface area contributed by atoms with Crippen molar-refractivity contribution in [3.8, 4) is 0 Å². The minimum Gasteiger partial charge on any atom is -0.258 e. The quantitative estimate of drug-likeness (QED) is 0.658. The Kier molecular flexibility index (Phi) is 5.05. The van der Waals surface area contributed by atoms with Gasteiger partial charge in [-0.3, -0.25) is 4.98 Å². The molecule has 0 bridgehead atoms. The van der Waals surface area contributed by atoms with Crippen molar-refractivity contribution in [1.82, 2.24) is 4.98 Å². The zero-order chi connectivity index (χ0) is 17.7. The fraction of sp³-hybridized carbons (Fsp3) is 0.100. The number of aromatic nitrogens is 1. The van der Waals surface area contributed by atoms with E-state index in [-0.39, 0.29) is 5.75 Å². The van der Waals surface area contributed by atoms with Crippen molar-refractivity contribution in [2.45, 2.75) is 5.75 Å². The Bertz CT molecular complexity index is 924.